The quantitative estimate of drug-likeness (QED) is 0.417. The van der Waals surface area contributed by atoms with Crippen LogP contribution in [0, 0.1) is 5.92 Å². The van der Waals surface area contributed by atoms with Crippen molar-refractivity contribution in [2.45, 2.75) is 19.9 Å². The lowest BCUT2D eigenvalue weighted by molar-refractivity contribution is -0.139. The van der Waals surface area contributed by atoms with Gasteiger partial charge in [0.15, 0.2) is 6.61 Å². The van der Waals surface area contributed by atoms with Crippen molar-refractivity contribution < 1.29 is 24.2 Å². The van der Waals surface area contributed by atoms with Gasteiger partial charge in [0.05, 0.1) is 6.21 Å². The molecular weight excluding hydrogens is 410 g/mol. The second kappa shape index (κ2) is 11.0. The van der Waals surface area contributed by atoms with Crippen molar-refractivity contribution in [2.75, 3.05) is 6.61 Å². The summed E-state index contributed by atoms with van der Waals surface area (Å²) in [7, 11) is 0. The van der Waals surface area contributed by atoms with E-state index in [1.807, 2.05) is 13.8 Å². The summed E-state index contributed by atoms with van der Waals surface area (Å²) in [6.45, 7) is 3.19. The van der Waals surface area contributed by atoms with Crippen LogP contribution in [0.2, 0.25) is 5.02 Å². The van der Waals surface area contributed by atoms with Crippen LogP contribution in [-0.2, 0) is 9.59 Å². The highest BCUT2D eigenvalue weighted by molar-refractivity contribution is 6.31. The van der Waals surface area contributed by atoms with Gasteiger partial charge < -0.3 is 15.2 Å². The molecule has 0 aromatic heterocycles. The highest BCUT2D eigenvalue weighted by atomic mass is 35.5. The molecule has 30 heavy (non-hydrogen) atoms. The molecule has 3 N–H and O–H groups in total. The van der Waals surface area contributed by atoms with Crippen LogP contribution in [0.3, 0.4) is 0 Å². The summed E-state index contributed by atoms with van der Waals surface area (Å²) in [5.41, 5.74) is 3.44. The highest BCUT2D eigenvalue weighted by Crippen LogP contribution is 2.12. The summed E-state index contributed by atoms with van der Waals surface area (Å²) in [6.07, 6.45) is 1.43. The Hall–Kier alpha value is -3.39. The number of ether oxygens (including phenoxy) is 1. The second-order valence-electron chi connectivity index (χ2n) is 6.69. The van der Waals surface area contributed by atoms with Gasteiger partial charge in [0.1, 0.15) is 11.8 Å². The zero-order valence-electron chi connectivity index (χ0n) is 16.5. The molecule has 1 unspecified atom stereocenters. The standard InChI is InChI=1S/C21H22ClN3O5/c1-13(2)19(24-20(28)15-4-3-5-16(22)10-15)21(29)25-23-11-14-6-8-17(9-7-14)30-12-18(26)27/h3-11,13,19H,12H2,1-2H3,(H,24,28)(H,25,29)(H,26,27). The molecule has 0 saturated carbocycles. The molecule has 0 aliphatic rings. The summed E-state index contributed by atoms with van der Waals surface area (Å²) in [6, 6.07) is 12.2. The number of hydrogen-bond acceptors (Lipinski definition) is 5. The largest absolute Gasteiger partial charge is 0.482 e. The summed E-state index contributed by atoms with van der Waals surface area (Å²) < 4.78 is 5.04. The lowest BCUT2D eigenvalue weighted by atomic mass is 10.0. The average molecular weight is 432 g/mol. The van der Waals surface area contributed by atoms with E-state index in [-0.39, 0.29) is 5.92 Å². The van der Waals surface area contributed by atoms with E-state index in [2.05, 4.69) is 15.8 Å². The maximum absolute atomic E-state index is 12.5. The van der Waals surface area contributed by atoms with Crippen LogP contribution in [0.4, 0.5) is 0 Å². The van der Waals surface area contributed by atoms with E-state index in [0.717, 1.165) is 0 Å². The number of nitrogens with zero attached hydrogens (tertiary/aromatic N) is 1. The van der Waals surface area contributed by atoms with Gasteiger partial charge in [0.2, 0.25) is 0 Å². The first kappa shape index (κ1) is 22.9. The zero-order valence-corrected chi connectivity index (χ0v) is 17.2. The molecular formula is C21H22ClN3O5. The Kier molecular flexibility index (Phi) is 8.37. The molecule has 0 fully saturated rings. The lowest BCUT2D eigenvalue weighted by Crippen LogP contribution is -2.48. The number of aliphatic carboxylic acids is 1. The molecule has 0 bridgehead atoms. The van der Waals surface area contributed by atoms with Crippen molar-refractivity contribution in [1.82, 2.24) is 10.7 Å². The molecule has 8 nitrogen and oxygen atoms in total. The van der Waals surface area contributed by atoms with E-state index < -0.39 is 30.4 Å². The highest BCUT2D eigenvalue weighted by Gasteiger charge is 2.24. The maximum Gasteiger partial charge on any atom is 0.341 e. The first-order valence-corrected chi connectivity index (χ1v) is 9.48. The number of carboxylic acid groups (broad SMARTS) is 1. The van der Waals surface area contributed by atoms with Crippen LogP contribution in [0.15, 0.2) is 53.6 Å². The van der Waals surface area contributed by atoms with E-state index in [1.54, 1.807) is 42.5 Å². The van der Waals surface area contributed by atoms with Crippen molar-refractivity contribution in [3.8, 4) is 5.75 Å². The van der Waals surface area contributed by atoms with Crippen molar-refractivity contribution in [2.24, 2.45) is 11.0 Å². The van der Waals surface area contributed by atoms with Crippen LogP contribution in [0.5, 0.6) is 5.75 Å². The Balaban J connectivity index is 1.94. The third kappa shape index (κ3) is 7.21. The molecule has 0 radical (unpaired) electrons. The SMILES string of the molecule is CC(C)C(NC(=O)c1cccc(Cl)c1)C(=O)NN=Cc1ccc(OCC(=O)O)cc1. The van der Waals surface area contributed by atoms with Crippen molar-refractivity contribution in [1.29, 1.82) is 0 Å². The van der Waals surface area contributed by atoms with Gasteiger partial charge in [-0.3, -0.25) is 9.59 Å². The van der Waals surface area contributed by atoms with Gasteiger partial charge in [-0.05, 0) is 53.9 Å². The minimum atomic E-state index is -1.06. The minimum Gasteiger partial charge on any atom is -0.482 e. The maximum atomic E-state index is 12.5. The van der Waals surface area contributed by atoms with E-state index in [4.69, 9.17) is 21.4 Å². The van der Waals surface area contributed by atoms with E-state index in [9.17, 15) is 14.4 Å². The van der Waals surface area contributed by atoms with Gasteiger partial charge in [0.25, 0.3) is 11.8 Å². The Bertz CT molecular complexity index is 928. The van der Waals surface area contributed by atoms with E-state index in [1.165, 1.54) is 12.3 Å². The van der Waals surface area contributed by atoms with Gasteiger partial charge >= 0.3 is 5.97 Å². The fraction of sp³-hybridized carbons (Fsp3) is 0.238. The Labute approximate surface area is 178 Å². The van der Waals surface area contributed by atoms with Crippen LogP contribution >= 0.6 is 11.6 Å². The fourth-order valence-corrected chi connectivity index (χ4v) is 2.61. The lowest BCUT2D eigenvalue weighted by Gasteiger charge is -2.20. The molecule has 0 spiro atoms. The van der Waals surface area contributed by atoms with Crippen LogP contribution in [0.1, 0.15) is 29.8 Å². The van der Waals surface area contributed by atoms with Crippen molar-refractivity contribution >= 4 is 35.6 Å². The predicted octanol–water partition coefficient (Wildman–Crippen LogP) is 2.71. The number of amides is 2. The topological polar surface area (TPSA) is 117 Å². The Morgan fingerprint density at radius 2 is 1.87 bits per heavy atom. The zero-order chi connectivity index (χ0) is 22.1. The number of carboxylic acids is 1. The Morgan fingerprint density at radius 3 is 2.47 bits per heavy atom. The molecule has 2 amide bonds. The van der Waals surface area contributed by atoms with Crippen LogP contribution in [0.25, 0.3) is 0 Å². The predicted molar refractivity (Wildman–Crippen MR) is 113 cm³/mol. The second-order valence-corrected chi connectivity index (χ2v) is 7.13. The summed E-state index contributed by atoms with van der Waals surface area (Å²) in [5, 5.41) is 15.6. The van der Waals surface area contributed by atoms with E-state index >= 15 is 0 Å². The molecule has 2 aromatic rings. The minimum absolute atomic E-state index is 0.172. The normalized spacial score (nSPS) is 11.9. The summed E-state index contributed by atoms with van der Waals surface area (Å²) in [5.74, 6) is -1.70. The molecule has 0 saturated heterocycles. The monoisotopic (exact) mass is 431 g/mol. The molecule has 0 aliphatic heterocycles. The van der Waals surface area contributed by atoms with Gasteiger partial charge in [-0.15, -0.1) is 0 Å². The third-order valence-electron chi connectivity index (χ3n) is 3.95. The van der Waals surface area contributed by atoms with Crippen LogP contribution < -0.4 is 15.5 Å². The van der Waals surface area contributed by atoms with Crippen LogP contribution in [-0.4, -0.2) is 41.8 Å². The smallest absolute Gasteiger partial charge is 0.341 e. The van der Waals surface area contributed by atoms with E-state index in [0.29, 0.717) is 21.9 Å². The molecule has 1 atom stereocenters. The number of hydrogen-bond donors (Lipinski definition) is 3. The van der Waals surface area contributed by atoms with Gasteiger partial charge in [0, 0.05) is 10.6 Å². The first-order chi connectivity index (χ1) is 14.3. The molecule has 2 rings (SSSR count). The molecule has 0 aliphatic carbocycles. The van der Waals surface area contributed by atoms with Gasteiger partial charge in [-0.25, -0.2) is 10.2 Å². The number of carbonyl (C=O) groups is 3. The number of carbonyl (C=O) groups excluding carboxylic acids is 2. The number of halogens is 1. The number of hydrazone groups is 1. The summed E-state index contributed by atoms with van der Waals surface area (Å²) >= 11 is 5.91. The third-order valence-corrected chi connectivity index (χ3v) is 4.19. The molecule has 2 aromatic carbocycles. The van der Waals surface area contributed by atoms with Crippen molar-refractivity contribution in [3.63, 3.8) is 0 Å². The first-order valence-electron chi connectivity index (χ1n) is 9.10. The summed E-state index contributed by atoms with van der Waals surface area (Å²) in [4.78, 5) is 35.4. The van der Waals surface area contributed by atoms with Gasteiger partial charge in [-0.1, -0.05) is 31.5 Å². The number of benzene rings is 2. The number of rotatable bonds is 9. The van der Waals surface area contributed by atoms with Crippen molar-refractivity contribution in [3.05, 3.63) is 64.7 Å². The van der Waals surface area contributed by atoms with Gasteiger partial charge in [-0.2, -0.15) is 5.10 Å². The molecule has 0 heterocycles. The number of nitrogens with one attached hydrogen (secondary N) is 2. The molecule has 158 valence electrons. The molecule has 9 heteroatoms. The fourth-order valence-electron chi connectivity index (χ4n) is 2.42. The average Bonchev–Trinajstić information content (AvgIpc) is 2.70. The Morgan fingerprint density at radius 1 is 1.17 bits per heavy atom.